The monoisotopic (exact) mass is 416 g/mol. The minimum Gasteiger partial charge on any atom is -0.546 e. The third kappa shape index (κ3) is 3.56. The van der Waals surface area contributed by atoms with Crippen LogP contribution < -0.4 is 5.11 Å². The molecule has 30 heavy (non-hydrogen) atoms. The molecule has 0 saturated heterocycles. The molecule has 4 rings (SSSR count). The number of fused-ring (bicyclic) bond motifs is 5. The number of allylic oxidation sites excluding steroid dienone is 2. The summed E-state index contributed by atoms with van der Waals surface area (Å²) in [5, 5.41) is 14.6. The van der Waals surface area contributed by atoms with E-state index in [-0.39, 0.29) is 22.9 Å². The van der Waals surface area contributed by atoms with Gasteiger partial charge < -0.3 is 19.5 Å². The number of rotatable bonds is 5. The van der Waals surface area contributed by atoms with Gasteiger partial charge in [0.2, 0.25) is 0 Å². The van der Waals surface area contributed by atoms with E-state index in [1.165, 1.54) is 18.4 Å². The predicted molar refractivity (Wildman–Crippen MR) is 110 cm³/mol. The van der Waals surface area contributed by atoms with Crippen molar-refractivity contribution in [1.29, 1.82) is 0 Å². The summed E-state index contributed by atoms with van der Waals surface area (Å²) in [4.78, 5) is 27.4. The Morgan fingerprint density at radius 2 is 1.93 bits per heavy atom. The van der Waals surface area contributed by atoms with Crippen LogP contribution in [0, 0.1) is 28.6 Å². The molecule has 0 spiro atoms. The number of esters is 1. The Morgan fingerprint density at radius 3 is 2.67 bits per heavy atom. The third-order valence-corrected chi connectivity index (χ3v) is 8.82. The summed E-state index contributed by atoms with van der Waals surface area (Å²) in [7, 11) is 0. The molecule has 0 unspecified atom stereocenters. The van der Waals surface area contributed by atoms with E-state index in [4.69, 9.17) is 9.57 Å². The molecule has 4 aliphatic carbocycles. The summed E-state index contributed by atoms with van der Waals surface area (Å²) in [5.74, 6) is 0.652. The van der Waals surface area contributed by atoms with Crippen LogP contribution in [0.1, 0.15) is 78.6 Å². The van der Waals surface area contributed by atoms with Crippen molar-refractivity contribution in [3.63, 3.8) is 0 Å². The first-order chi connectivity index (χ1) is 14.3. The second-order valence-electron chi connectivity index (χ2n) is 10.2. The van der Waals surface area contributed by atoms with Gasteiger partial charge in [-0.2, -0.15) is 0 Å². The SMILES string of the molecule is CCC(=O)O[C@H]1CC[C@@H]2[C@H]3CCC4=CC(=NOCC(=O)[O-])CC[C@]4(C)[C@@H]3CC[C@]12C. The molecular formula is C24H34NO5-. The molecule has 6 heteroatoms. The molecule has 0 aromatic rings. The van der Waals surface area contributed by atoms with E-state index in [1.54, 1.807) is 0 Å². The van der Waals surface area contributed by atoms with Crippen LogP contribution in [0.2, 0.25) is 0 Å². The zero-order valence-electron chi connectivity index (χ0n) is 18.4. The largest absolute Gasteiger partial charge is 0.546 e. The molecule has 0 radical (unpaired) electrons. The molecule has 6 nitrogen and oxygen atoms in total. The molecule has 3 saturated carbocycles. The normalized spacial score (nSPS) is 41.3. The first kappa shape index (κ1) is 21.4. The molecule has 3 fully saturated rings. The highest BCUT2D eigenvalue weighted by molar-refractivity contribution is 5.96. The number of oxime groups is 1. The topological polar surface area (TPSA) is 88.0 Å². The van der Waals surface area contributed by atoms with Gasteiger partial charge >= 0.3 is 5.97 Å². The van der Waals surface area contributed by atoms with Crippen molar-refractivity contribution in [3.05, 3.63) is 11.6 Å². The van der Waals surface area contributed by atoms with Crippen LogP contribution >= 0.6 is 0 Å². The number of carbonyl (C=O) groups is 2. The highest BCUT2D eigenvalue weighted by atomic mass is 16.6. The molecule has 0 aromatic carbocycles. The number of aliphatic carboxylic acids is 1. The summed E-state index contributed by atoms with van der Waals surface area (Å²) in [6.07, 6.45) is 11.2. The van der Waals surface area contributed by atoms with E-state index in [0.29, 0.717) is 24.2 Å². The lowest BCUT2D eigenvalue weighted by Crippen LogP contribution is -2.51. The number of ether oxygens (including phenoxy) is 1. The lowest BCUT2D eigenvalue weighted by Gasteiger charge is -2.58. The van der Waals surface area contributed by atoms with Crippen molar-refractivity contribution in [2.24, 2.45) is 33.7 Å². The quantitative estimate of drug-likeness (QED) is 0.506. The number of hydrogen-bond acceptors (Lipinski definition) is 6. The second-order valence-corrected chi connectivity index (χ2v) is 10.2. The highest BCUT2D eigenvalue weighted by Gasteiger charge is 2.59. The second kappa shape index (κ2) is 8.01. The van der Waals surface area contributed by atoms with Gasteiger partial charge in [-0.25, -0.2) is 0 Å². The van der Waals surface area contributed by atoms with Gasteiger partial charge in [0.05, 0.1) is 11.7 Å². The average molecular weight is 417 g/mol. The zero-order valence-corrected chi connectivity index (χ0v) is 18.4. The van der Waals surface area contributed by atoms with Crippen LogP contribution in [0.25, 0.3) is 0 Å². The first-order valence-corrected chi connectivity index (χ1v) is 11.6. The zero-order chi connectivity index (χ0) is 21.5. The smallest absolute Gasteiger partial charge is 0.305 e. The molecule has 4 aliphatic rings. The minimum absolute atomic E-state index is 0.0650. The van der Waals surface area contributed by atoms with E-state index in [9.17, 15) is 14.7 Å². The van der Waals surface area contributed by atoms with E-state index in [1.807, 2.05) is 6.92 Å². The summed E-state index contributed by atoms with van der Waals surface area (Å²) in [6.45, 7) is 6.15. The van der Waals surface area contributed by atoms with Crippen molar-refractivity contribution in [1.82, 2.24) is 0 Å². The maximum atomic E-state index is 12.0. The van der Waals surface area contributed by atoms with Crippen LogP contribution in [-0.4, -0.2) is 30.4 Å². The lowest BCUT2D eigenvalue weighted by molar-refractivity contribution is -0.309. The molecular weight excluding hydrogens is 382 g/mol. The molecule has 0 amide bonds. The molecule has 0 heterocycles. The Kier molecular flexibility index (Phi) is 5.71. The summed E-state index contributed by atoms with van der Waals surface area (Å²) < 4.78 is 5.89. The fraction of sp³-hybridized carbons (Fsp3) is 0.792. The van der Waals surface area contributed by atoms with E-state index >= 15 is 0 Å². The van der Waals surface area contributed by atoms with E-state index in [2.05, 4.69) is 25.1 Å². The van der Waals surface area contributed by atoms with Crippen LogP contribution in [0.4, 0.5) is 0 Å². The fourth-order valence-corrected chi connectivity index (χ4v) is 7.20. The van der Waals surface area contributed by atoms with Crippen molar-refractivity contribution < 1.29 is 24.3 Å². The number of carboxylic acid groups (broad SMARTS) is 1. The number of hydrogen-bond donors (Lipinski definition) is 0. The van der Waals surface area contributed by atoms with Crippen molar-refractivity contribution in [2.45, 2.75) is 84.7 Å². The van der Waals surface area contributed by atoms with Gasteiger partial charge in [-0.3, -0.25) is 4.79 Å². The molecule has 6 atom stereocenters. The van der Waals surface area contributed by atoms with Crippen LogP contribution in [0.5, 0.6) is 0 Å². The van der Waals surface area contributed by atoms with Gasteiger partial charge in [0.15, 0.2) is 6.61 Å². The first-order valence-electron chi connectivity index (χ1n) is 11.6. The van der Waals surface area contributed by atoms with Gasteiger partial charge in [0.25, 0.3) is 0 Å². The third-order valence-electron chi connectivity index (χ3n) is 8.82. The van der Waals surface area contributed by atoms with Gasteiger partial charge in [-0.05, 0) is 80.6 Å². The number of carboxylic acids is 1. The number of nitrogens with zero attached hydrogens (tertiary/aromatic N) is 1. The Hall–Kier alpha value is -1.85. The van der Waals surface area contributed by atoms with Crippen molar-refractivity contribution >= 4 is 17.7 Å². The summed E-state index contributed by atoms with van der Waals surface area (Å²) >= 11 is 0. The Bertz CT molecular complexity index is 774. The Balaban J connectivity index is 1.51. The Morgan fingerprint density at radius 1 is 1.13 bits per heavy atom. The van der Waals surface area contributed by atoms with Crippen LogP contribution in [0.15, 0.2) is 16.8 Å². The minimum atomic E-state index is -1.25. The van der Waals surface area contributed by atoms with Crippen LogP contribution in [0.3, 0.4) is 0 Å². The molecule has 0 aromatic heterocycles. The van der Waals surface area contributed by atoms with Gasteiger partial charge in [0, 0.05) is 11.8 Å². The van der Waals surface area contributed by atoms with Crippen molar-refractivity contribution in [2.75, 3.05) is 6.61 Å². The molecule has 0 N–H and O–H groups in total. The predicted octanol–water partition coefficient (Wildman–Crippen LogP) is 3.39. The highest BCUT2D eigenvalue weighted by Crippen LogP contribution is 2.65. The maximum absolute atomic E-state index is 12.0. The summed E-state index contributed by atoms with van der Waals surface area (Å²) in [6, 6.07) is 0. The summed E-state index contributed by atoms with van der Waals surface area (Å²) in [5.41, 5.74) is 2.58. The molecule has 0 bridgehead atoms. The average Bonchev–Trinajstić information content (AvgIpc) is 3.04. The number of carbonyl (C=O) groups excluding carboxylic acids is 2. The van der Waals surface area contributed by atoms with Crippen LogP contribution in [-0.2, 0) is 19.2 Å². The van der Waals surface area contributed by atoms with E-state index in [0.717, 1.165) is 44.2 Å². The standard InChI is InChI=1S/C24H35NO5/c1-4-22(28)30-20-8-7-18-17-6-5-15-13-16(25-29-14-21(26)27)9-11-23(15,2)19(17)10-12-24(18,20)3/h13,17-20H,4-12,14H2,1-3H3,(H,26,27)/p-1/t17-,18-,19-,20+,23+,24+/m1/s1. The molecule has 166 valence electrons. The van der Waals surface area contributed by atoms with E-state index < -0.39 is 12.6 Å². The molecule has 0 aliphatic heterocycles. The van der Waals surface area contributed by atoms with Gasteiger partial charge in [0.1, 0.15) is 6.10 Å². The van der Waals surface area contributed by atoms with Crippen molar-refractivity contribution in [3.8, 4) is 0 Å². The van der Waals surface area contributed by atoms with Gasteiger partial charge in [-0.1, -0.05) is 31.5 Å². The maximum Gasteiger partial charge on any atom is 0.305 e. The Labute approximate surface area is 179 Å². The van der Waals surface area contributed by atoms with Gasteiger partial charge in [-0.15, -0.1) is 0 Å². The lowest BCUT2D eigenvalue weighted by atomic mass is 9.47. The fourth-order valence-electron chi connectivity index (χ4n) is 7.20.